The predicted octanol–water partition coefficient (Wildman–Crippen LogP) is 4.95. The summed E-state index contributed by atoms with van der Waals surface area (Å²) in [6.45, 7) is 8.50. The Labute approximate surface area is 185 Å². The second-order valence-corrected chi connectivity index (χ2v) is 8.65. The van der Waals surface area contributed by atoms with Gasteiger partial charge in [0.2, 0.25) is 11.8 Å². The number of hydrogen-bond acceptors (Lipinski definition) is 3. The van der Waals surface area contributed by atoms with Crippen LogP contribution in [0.3, 0.4) is 0 Å². The smallest absolute Gasteiger partial charge is 0.243 e. The van der Waals surface area contributed by atoms with E-state index in [1.807, 2.05) is 70.2 Å². The monoisotopic (exact) mass is 426 g/mol. The minimum absolute atomic E-state index is 0.00494. The van der Waals surface area contributed by atoms with Gasteiger partial charge in [-0.15, -0.1) is 11.8 Å². The number of hydrogen-bond donors (Lipinski definition) is 1. The van der Waals surface area contributed by atoms with Gasteiger partial charge in [-0.2, -0.15) is 0 Å². The Bertz CT molecular complexity index is 810. The van der Waals surface area contributed by atoms with Crippen molar-refractivity contribution in [2.75, 3.05) is 5.75 Å². The molecule has 162 valence electrons. The summed E-state index contributed by atoms with van der Waals surface area (Å²) in [5, 5.41) is 3.06. The molecule has 0 aliphatic carbocycles. The molecule has 2 amide bonds. The topological polar surface area (TPSA) is 49.4 Å². The second kappa shape index (κ2) is 12.4. The third-order valence-electron chi connectivity index (χ3n) is 5.33. The standard InChI is InChI=1S/C25H34N2O2S/c1-5-20(4)26-25(29)23(6-2)27(16-22-15-11-10-12-19(22)3)24(28)18-30-17-21-13-8-7-9-14-21/h7-15,20,23H,5-6,16-18H2,1-4H3,(H,26,29)/t20-,23+/m0/s1. The molecule has 0 aromatic heterocycles. The highest BCUT2D eigenvalue weighted by Gasteiger charge is 2.29. The van der Waals surface area contributed by atoms with Crippen molar-refractivity contribution in [3.8, 4) is 0 Å². The Kier molecular flexibility index (Phi) is 9.95. The molecule has 2 atom stereocenters. The van der Waals surface area contributed by atoms with E-state index in [2.05, 4.69) is 17.4 Å². The van der Waals surface area contributed by atoms with E-state index in [1.165, 1.54) is 5.56 Å². The van der Waals surface area contributed by atoms with E-state index in [-0.39, 0.29) is 17.9 Å². The van der Waals surface area contributed by atoms with Crippen LogP contribution in [0.1, 0.15) is 50.3 Å². The molecule has 30 heavy (non-hydrogen) atoms. The number of aryl methyl sites for hydroxylation is 1. The highest BCUT2D eigenvalue weighted by atomic mass is 32.2. The summed E-state index contributed by atoms with van der Waals surface area (Å²) in [6.07, 6.45) is 1.45. The van der Waals surface area contributed by atoms with Crippen LogP contribution in [-0.4, -0.2) is 34.6 Å². The second-order valence-electron chi connectivity index (χ2n) is 7.67. The van der Waals surface area contributed by atoms with Crippen LogP contribution in [0.15, 0.2) is 54.6 Å². The Morgan fingerprint density at radius 1 is 1.00 bits per heavy atom. The quantitative estimate of drug-likeness (QED) is 0.553. The lowest BCUT2D eigenvalue weighted by Crippen LogP contribution is -2.51. The van der Waals surface area contributed by atoms with Crippen LogP contribution in [0, 0.1) is 6.92 Å². The molecule has 0 aliphatic heterocycles. The number of nitrogens with one attached hydrogen (secondary N) is 1. The summed E-state index contributed by atoms with van der Waals surface area (Å²) in [4.78, 5) is 27.9. The van der Waals surface area contributed by atoms with E-state index in [0.717, 1.165) is 23.3 Å². The predicted molar refractivity (Wildman–Crippen MR) is 126 cm³/mol. The Balaban J connectivity index is 2.15. The van der Waals surface area contributed by atoms with Crippen molar-refractivity contribution in [3.63, 3.8) is 0 Å². The zero-order valence-corrected chi connectivity index (χ0v) is 19.4. The fourth-order valence-electron chi connectivity index (χ4n) is 3.24. The molecule has 2 aromatic rings. The van der Waals surface area contributed by atoms with Gasteiger partial charge in [-0.05, 0) is 43.4 Å². The number of thioether (sulfide) groups is 1. The van der Waals surface area contributed by atoms with E-state index in [1.54, 1.807) is 16.7 Å². The van der Waals surface area contributed by atoms with E-state index in [4.69, 9.17) is 0 Å². The van der Waals surface area contributed by atoms with E-state index < -0.39 is 6.04 Å². The van der Waals surface area contributed by atoms with Gasteiger partial charge in [0.05, 0.1) is 5.75 Å². The van der Waals surface area contributed by atoms with Gasteiger partial charge in [-0.25, -0.2) is 0 Å². The fraction of sp³-hybridized carbons (Fsp3) is 0.440. The van der Waals surface area contributed by atoms with Crippen molar-refractivity contribution in [3.05, 3.63) is 71.3 Å². The summed E-state index contributed by atoms with van der Waals surface area (Å²) in [5.41, 5.74) is 3.40. The molecule has 0 bridgehead atoms. The van der Waals surface area contributed by atoms with Crippen LogP contribution in [0.25, 0.3) is 0 Å². The van der Waals surface area contributed by atoms with E-state index in [9.17, 15) is 9.59 Å². The van der Waals surface area contributed by atoms with Gasteiger partial charge in [0, 0.05) is 18.3 Å². The maximum Gasteiger partial charge on any atom is 0.243 e. The number of carbonyl (C=O) groups excluding carboxylic acids is 2. The summed E-state index contributed by atoms with van der Waals surface area (Å²) < 4.78 is 0. The zero-order chi connectivity index (χ0) is 21.9. The van der Waals surface area contributed by atoms with Crippen LogP contribution < -0.4 is 5.32 Å². The molecule has 0 saturated heterocycles. The first-order valence-corrected chi connectivity index (χ1v) is 11.9. The molecule has 4 nitrogen and oxygen atoms in total. The van der Waals surface area contributed by atoms with Crippen molar-refractivity contribution >= 4 is 23.6 Å². The Morgan fingerprint density at radius 3 is 2.30 bits per heavy atom. The van der Waals surface area contributed by atoms with Crippen molar-refractivity contribution in [2.24, 2.45) is 0 Å². The first kappa shape index (κ1) is 24.0. The summed E-state index contributed by atoms with van der Waals surface area (Å²) in [7, 11) is 0. The third-order valence-corrected chi connectivity index (χ3v) is 6.31. The molecule has 2 aromatic carbocycles. The van der Waals surface area contributed by atoms with E-state index >= 15 is 0 Å². The minimum Gasteiger partial charge on any atom is -0.352 e. The fourth-order valence-corrected chi connectivity index (χ4v) is 4.12. The molecule has 0 fully saturated rings. The number of nitrogens with zero attached hydrogens (tertiary/aromatic N) is 1. The Morgan fingerprint density at radius 2 is 1.67 bits per heavy atom. The van der Waals surface area contributed by atoms with Crippen molar-refractivity contribution < 1.29 is 9.59 Å². The lowest BCUT2D eigenvalue weighted by atomic mass is 10.1. The highest BCUT2D eigenvalue weighted by Crippen LogP contribution is 2.19. The molecular weight excluding hydrogens is 392 g/mol. The molecule has 0 radical (unpaired) electrons. The molecule has 0 heterocycles. The van der Waals surface area contributed by atoms with Crippen molar-refractivity contribution in [1.29, 1.82) is 0 Å². The molecule has 1 N–H and O–H groups in total. The van der Waals surface area contributed by atoms with Gasteiger partial charge in [-0.1, -0.05) is 68.4 Å². The van der Waals surface area contributed by atoms with Gasteiger partial charge < -0.3 is 10.2 Å². The first-order chi connectivity index (χ1) is 14.5. The summed E-state index contributed by atoms with van der Waals surface area (Å²) in [6, 6.07) is 17.8. The van der Waals surface area contributed by atoms with Gasteiger partial charge in [0.1, 0.15) is 6.04 Å². The molecule has 5 heteroatoms. The molecule has 2 rings (SSSR count). The Hall–Kier alpha value is -2.27. The molecule has 0 aliphatic rings. The minimum atomic E-state index is -0.469. The lowest BCUT2D eigenvalue weighted by Gasteiger charge is -2.32. The van der Waals surface area contributed by atoms with Gasteiger partial charge in [-0.3, -0.25) is 9.59 Å². The van der Waals surface area contributed by atoms with Crippen molar-refractivity contribution in [2.45, 2.75) is 64.9 Å². The van der Waals surface area contributed by atoms with Crippen LogP contribution in [0.4, 0.5) is 0 Å². The average Bonchev–Trinajstić information content (AvgIpc) is 2.75. The normalized spacial score (nSPS) is 12.8. The maximum absolute atomic E-state index is 13.2. The zero-order valence-electron chi connectivity index (χ0n) is 18.6. The molecular formula is C25H34N2O2S. The number of amides is 2. The number of benzene rings is 2. The molecule has 0 saturated carbocycles. The molecule has 0 unspecified atom stereocenters. The van der Waals surface area contributed by atoms with Crippen LogP contribution >= 0.6 is 11.8 Å². The van der Waals surface area contributed by atoms with Crippen molar-refractivity contribution in [1.82, 2.24) is 10.2 Å². The maximum atomic E-state index is 13.2. The summed E-state index contributed by atoms with van der Waals surface area (Å²) in [5.74, 6) is 1.07. The average molecular weight is 427 g/mol. The number of rotatable bonds is 11. The molecule has 0 spiro atoms. The lowest BCUT2D eigenvalue weighted by molar-refractivity contribution is -0.139. The number of carbonyl (C=O) groups is 2. The van der Waals surface area contributed by atoms with Gasteiger partial charge in [0.15, 0.2) is 0 Å². The van der Waals surface area contributed by atoms with Gasteiger partial charge >= 0.3 is 0 Å². The van der Waals surface area contributed by atoms with Gasteiger partial charge in [0.25, 0.3) is 0 Å². The third kappa shape index (κ3) is 7.21. The largest absolute Gasteiger partial charge is 0.352 e. The summed E-state index contributed by atoms with van der Waals surface area (Å²) >= 11 is 1.59. The first-order valence-electron chi connectivity index (χ1n) is 10.7. The highest BCUT2D eigenvalue weighted by molar-refractivity contribution is 7.99. The van der Waals surface area contributed by atoms with E-state index in [0.29, 0.717) is 18.7 Å². The van der Waals surface area contributed by atoms with Crippen LogP contribution in [0.5, 0.6) is 0 Å². The van der Waals surface area contributed by atoms with Crippen LogP contribution in [0.2, 0.25) is 0 Å². The SMILES string of the molecule is CC[C@H](C(=O)N[C@@H](C)CC)N(Cc1ccccc1C)C(=O)CSCc1ccccc1. The van der Waals surface area contributed by atoms with Crippen LogP contribution in [-0.2, 0) is 21.9 Å².